The molecule has 9 heterocycles. The van der Waals surface area contributed by atoms with Gasteiger partial charge >= 0.3 is 0 Å². The van der Waals surface area contributed by atoms with Crippen molar-refractivity contribution in [3.05, 3.63) is 127 Å². The maximum atomic E-state index is 11.0. The van der Waals surface area contributed by atoms with Gasteiger partial charge in [0.2, 0.25) is 0 Å². The molecule has 0 bridgehead atoms. The summed E-state index contributed by atoms with van der Waals surface area (Å²) < 4.78 is 7.22. The van der Waals surface area contributed by atoms with Crippen LogP contribution in [0.25, 0.3) is 0 Å². The number of nitrogens with zero attached hydrogens (tertiary/aromatic N) is 20. The van der Waals surface area contributed by atoms with Crippen LogP contribution in [0.15, 0.2) is 142 Å². The summed E-state index contributed by atoms with van der Waals surface area (Å²) in [5.74, 6) is -0.00926. The van der Waals surface area contributed by atoms with Crippen molar-refractivity contribution in [3.63, 3.8) is 0 Å². The van der Waals surface area contributed by atoms with E-state index in [4.69, 9.17) is 0 Å². The van der Waals surface area contributed by atoms with E-state index in [1.165, 1.54) is 37.4 Å². The molecule has 4 aliphatic heterocycles. The van der Waals surface area contributed by atoms with Gasteiger partial charge in [-0.2, -0.15) is 35.7 Å². The van der Waals surface area contributed by atoms with E-state index in [0.29, 0.717) is 42.9 Å². The molecule has 23 heteroatoms. The molecule has 1 fully saturated rings. The van der Waals surface area contributed by atoms with Gasteiger partial charge in [0.15, 0.2) is 0 Å². The second kappa shape index (κ2) is 39.4. The summed E-state index contributed by atoms with van der Waals surface area (Å²) in [5.41, 5.74) is 4.09. The highest BCUT2D eigenvalue weighted by Crippen LogP contribution is 2.12. The smallest absolute Gasteiger partial charge is 0.267 e. The van der Waals surface area contributed by atoms with Crippen molar-refractivity contribution in [3.8, 4) is 0 Å². The van der Waals surface area contributed by atoms with Crippen LogP contribution >= 0.6 is 0 Å². The molecule has 0 atom stereocenters. The lowest BCUT2D eigenvalue weighted by Crippen LogP contribution is -2.35. The van der Waals surface area contributed by atoms with Crippen LogP contribution in [-0.2, 0) is 4.79 Å². The Balaban J connectivity index is 0.000000439. The topological polar surface area (TPSA) is 223 Å². The lowest BCUT2D eigenvalue weighted by molar-refractivity contribution is -0.129. The van der Waals surface area contributed by atoms with Gasteiger partial charge in [0.05, 0.1) is 42.9 Å². The molecule has 5 aromatic heterocycles. The SMILES string of the molecule is C=C1C=CN(C(C)C)C=C1.CC(C)N1CCCCC1.CC(C)N1N=NCC1=O.CC(C)N1N=NCN1.CC(C)n1ccccc1=O.CC(C)n1cccn1.CC(C)n1ccnn1.CC(C)n1ccnn1.CC(C)n1nccn1. The highest BCUT2D eigenvalue weighted by atomic mass is 16.2. The van der Waals surface area contributed by atoms with Crippen LogP contribution in [0.5, 0.6) is 0 Å². The molecule has 0 aliphatic carbocycles. The van der Waals surface area contributed by atoms with E-state index in [1.54, 1.807) is 73.2 Å². The molecular formula is C55H97N21O2. The van der Waals surface area contributed by atoms with Crippen LogP contribution in [-0.4, -0.2) is 136 Å². The fourth-order valence-corrected chi connectivity index (χ4v) is 6.37. The minimum atomic E-state index is -0.00926. The van der Waals surface area contributed by atoms with E-state index in [0.717, 1.165) is 11.6 Å². The first-order chi connectivity index (χ1) is 37.0. The number of nitrogens with one attached hydrogen (secondary N) is 1. The Bertz CT molecular complexity index is 2240. The van der Waals surface area contributed by atoms with Crippen molar-refractivity contribution in [1.82, 2.24) is 84.7 Å². The Morgan fingerprint density at radius 1 is 0.513 bits per heavy atom. The van der Waals surface area contributed by atoms with Gasteiger partial charge in [-0.25, -0.2) is 10.1 Å². The van der Waals surface area contributed by atoms with E-state index in [-0.39, 0.29) is 30.1 Å². The maximum absolute atomic E-state index is 11.0. The number of hydrogen-bond donors (Lipinski definition) is 1. The summed E-state index contributed by atoms with van der Waals surface area (Å²) in [6.07, 6.45) is 28.4. The zero-order valence-corrected chi connectivity index (χ0v) is 50.4. The van der Waals surface area contributed by atoms with Crippen LogP contribution in [0.4, 0.5) is 0 Å². The summed E-state index contributed by atoms with van der Waals surface area (Å²) in [6.45, 7) is 44.6. The lowest BCUT2D eigenvalue weighted by Gasteiger charge is -2.29. The largest absolute Gasteiger partial charge is 0.352 e. The van der Waals surface area contributed by atoms with Gasteiger partial charge in [-0.05, 0) is 180 Å². The molecule has 23 nitrogen and oxygen atoms in total. The van der Waals surface area contributed by atoms with Crippen molar-refractivity contribution in [2.24, 2.45) is 20.7 Å². The third kappa shape index (κ3) is 30.1. The predicted octanol–water partition coefficient (Wildman–Crippen LogP) is 10.8. The standard InChI is InChI=1S/C9H13N.C8H11NO.C8H17N.C6H10N2.C5H9N3O.3C5H9N3.C4H10N4/c1-8(2)10-6-4-9(3)5-7-10;1-7(2)9-6-4-3-5-8(9)10;1-8(2)9-6-4-3-5-7-9;1-6(2)8-5-3-4-7-8;1-4(2)8-5(9)3-6-7-8;2*1-5(2)8-4-3-6-7-8;1-5(2)8-6-3-4-7-8;1-4(2)8-6-3-5-7-8/h4-8H,3H2,1-2H3;3-7H,1-2H3;8H,3-7H2,1-2H3;3-6H,1-2H3;4H,3H2,1-2H3;3*3-5H,1-2H3;4,6H,3H2,1-2H3. The van der Waals surface area contributed by atoms with Crippen LogP contribution < -0.4 is 11.0 Å². The fraction of sp³-hybridized carbons (Fsp3) is 0.618. The number of hydrazine groups is 1. The molecule has 1 amide bonds. The number of amides is 1. The Hall–Kier alpha value is -7.01. The third-order valence-corrected chi connectivity index (χ3v) is 11.0. The highest BCUT2D eigenvalue weighted by Gasteiger charge is 2.20. The summed E-state index contributed by atoms with van der Waals surface area (Å²) in [7, 11) is 0. The number of aromatic nitrogens is 12. The molecule has 78 heavy (non-hydrogen) atoms. The van der Waals surface area contributed by atoms with Crippen molar-refractivity contribution in [1.29, 1.82) is 0 Å². The van der Waals surface area contributed by atoms with E-state index in [9.17, 15) is 9.59 Å². The first-order valence-electron chi connectivity index (χ1n) is 27.4. The predicted molar refractivity (Wildman–Crippen MR) is 311 cm³/mol. The minimum absolute atomic E-state index is 0.00926. The average molecular weight is 1080 g/mol. The number of likely N-dealkylation sites (tertiary alicyclic amines) is 1. The zero-order valence-electron chi connectivity index (χ0n) is 50.4. The number of carbonyl (C=O) groups excluding carboxylic acids is 1. The summed E-state index contributed by atoms with van der Waals surface area (Å²) in [6, 6.07) is 11.0. The Kier molecular flexibility index (Phi) is 34.8. The fourth-order valence-electron chi connectivity index (χ4n) is 6.37. The van der Waals surface area contributed by atoms with Gasteiger partial charge in [-0.1, -0.05) is 39.9 Å². The first kappa shape index (κ1) is 69.0. The van der Waals surface area contributed by atoms with Crippen molar-refractivity contribution in [2.75, 3.05) is 26.3 Å². The molecule has 4 aliphatic rings. The highest BCUT2D eigenvalue weighted by molar-refractivity contribution is 5.79. The van der Waals surface area contributed by atoms with E-state index < -0.39 is 0 Å². The summed E-state index contributed by atoms with van der Waals surface area (Å²) in [5, 5.41) is 44.6. The third-order valence-electron chi connectivity index (χ3n) is 11.0. The van der Waals surface area contributed by atoms with Gasteiger partial charge < -0.3 is 14.4 Å². The molecule has 0 saturated carbocycles. The van der Waals surface area contributed by atoms with Gasteiger partial charge in [0.25, 0.3) is 11.5 Å². The van der Waals surface area contributed by atoms with Crippen LogP contribution in [0.3, 0.4) is 0 Å². The second-order valence-electron chi connectivity index (χ2n) is 20.7. The molecule has 9 rings (SSSR count). The number of rotatable bonds is 9. The Labute approximate surface area is 466 Å². The van der Waals surface area contributed by atoms with Gasteiger partial charge in [0, 0.05) is 85.7 Å². The molecule has 5 aromatic rings. The van der Waals surface area contributed by atoms with Crippen molar-refractivity contribution >= 4 is 5.91 Å². The molecule has 1 N–H and O–H groups in total. The quantitative estimate of drug-likeness (QED) is 0.145. The molecule has 0 radical (unpaired) electrons. The molecule has 0 spiro atoms. The van der Waals surface area contributed by atoms with E-state index in [1.807, 2.05) is 101 Å². The number of hydrogen-bond acceptors (Lipinski definition) is 17. The average Bonchev–Trinajstić information content (AvgIpc) is 4.26. The zero-order chi connectivity index (χ0) is 58.6. The lowest BCUT2D eigenvalue weighted by atomic mass is 10.1. The van der Waals surface area contributed by atoms with Crippen LogP contribution in [0.1, 0.15) is 174 Å². The molecule has 1 saturated heterocycles. The van der Waals surface area contributed by atoms with E-state index in [2.05, 4.69) is 161 Å². The normalized spacial score (nSPS) is 14.4. The number of piperidine rings is 1. The van der Waals surface area contributed by atoms with E-state index >= 15 is 0 Å². The molecule has 434 valence electrons. The van der Waals surface area contributed by atoms with Crippen molar-refractivity contribution < 1.29 is 4.79 Å². The summed E-state index contributed by atoms with van der Waals surface area (Å²) in [4.78, 5) is 28.2. The number of pyridine rings is 1. The van der Waals surface area contributed by atoms with Gasteiger partial charge in [-0.15, -0.1) is 10.2 Å². The van der Waals surface area contributed by atoms with Gasteiger partial charge in [-0.3, -0.25) is 23.6 Å². The minimum Gasteiger partial charge on any atom is -0.352 e. The second-order valence-corrected chi connectivity index (χ2v) is 20.7. The van der Waals surface area contributed by atoms with Gasteiger partial charge in [0.1, 0.15) is 13.2 Å². The molecule has 0 unspecified atom stereocenters. The maximum Gasteiger partial charge on any atom is 0.267 e. The monoisotopic (exact) mass is 1080 g/mol. The summed E-state index contributed by atoms with van der Waals surface area (Å²) >= 11 is 0. The number of allylic oxidation sites excluding steroid dienone is 3. The van der Waals surface area contributed by atoms with Crippen molar-refractivity contribution in [2.45, 2.75) is 198 Å². The molecular weight excluding hydrogens is 987 g/mol. The van der Waals surface area contributed by atoms with Crippen LogP contribution in [0, 0.1) is 0 Å². The first-order valence-corrected chi connectivity index (χ1v) is 27.4. The number of carbonyl (C=O) groups is 1. The Morgan fingerprint density at radius 2 is 1.08 bits per heavy atom. The van der Waals surface area contributed by atoms with Crippen LogP contribution in [0.2, 0.25) is 0 Å². The Morgan fingerprint density at radius 3 is 1.35 bits per heavy atom. The molecule has 0 aromatic carbocycles.